The summed E-state index contributed by atoms with van der Waals surface area (Å²) < 4.78 is 10.4. The fourth-order valence-corrected chi connectivity index (χ4v) is 2.02. The first-order valence-electron chi connectivity index (χ1n) is 5.88. The summed E-state index contributed by atoms with van der Waals surface area (Å²) in [5.74, 6) is 0.00463. The van der Waals surface area contributed by atoms with Crippen molar-refractivity contribution in [2.24, 2.45) is 10.4 Å². The van der Waals surface area contributed by atoms with E-state index in [4.69, 9.17) is 9.47 Å². The molecule has 20 heavy (non-hydrogen) atoms. The molecule has 0 aromatic carbocycles. The van der Waals surface area contributed by atoms with Crippen LogP contribution in [0.15, 0.2) is 35.5 Å². The quantitative estimate of drug-likeness (QED) is 0.771. The zero-order valence-corrected chi connectivity index (χ0v) is 11.1. The SMILES string of the molecule is COC1=NC(c2ccccn2)=CC(OC)C1(C#N)C=O. The average Bonchev–Trinajstić information content (AvgIpc) is 2.54. The van der Waals surface area contributed by atoms with E-state index in [9.17, 15) is 10.1 Å². The van der Waals surface area contributed by atoms with Gasteiger partial charge < -0.3 is 14.3 Å². The molecule has 2 heterocycles. The Morgan fingerprint density at radius 3 is 2.75 bits per heavy atom. The molecule has 6 nitrogen and oxygen atoms in total. The number of aliphatic imine (C=N–C) groups is 1. The van der Waals surface area contributed by atoms with E-state index in [1.807, 2.05) is 12.1 Å². The van der Waals surface area contributed by atoms with Crippen molar-refractivity contribution >= 4 is 17.9 Å². The van der Waals surface area contributed by atoms with Crippen molar-refractivity contribution in [3.8, 4) is 6.07 Å². The van der Waals surface area contributed by atoms with Gasteiger partial charge in [0.1, 0.15) is 6.10 Å². The number of ether oxygens (including phenoxy) is 2. The smallest absolute Gasteiger partial charge is 0.219 e. The molecule has 0 bridgehead atoms. The van der Waals surface area contributed by atoms with Gasteiger partial charge in [0.2, 0.25) is 11.3 Å². The van der Waals surface area contributed by atoms with Crippen molar-refractivity contribution < 1.29 is 14.3 Å². The molecule has 0 fully saturated rings. The third kappa shape index (κ3) is 2.08. The van der Waals surface area contributed by atoms with Crippen LogP contribution in [0.4, 0.5) is 0 Å². The van der Waals surface area contributed by atoms with Crippen LogP contribution in [0, 0.1) is 16.7 Å². The Kier molecular flexibility index (Phi) is 3.91. The molecule has 0 radical (unpaired) electrons. The lowest BCUT2D eigenvalue weighted by Gasteiger charge is -2.30. The number of carbonyl (C=O) groups is 1. The molecule has 1 aliphatic rings. The van der Waals surface area contributed by atoms with Crippen molar-refractivity contribution in [1.82, 2.24) is 4.98 Å². The van der Waals surface area contributed by atoms with Gasteiger partial charge in [-0.3, -0.25) is 4.98 Å². The highest BCUT2D eigenvalue weighted by molar-refractivity contribution is 6.04. The summed E-state index contributed by atoms with van der Waals surface area (Å²) in [4.78, 5) is 19.8. The Hall–Kier alpha value is -2.52. The van der Waals surface area contributed by atoms with Crippen LogP contribution in [-0.4, -0.2) is 37.5 Å². The lowest BCUT2D eigenvalue weighted by atomic mass is 9.82. The third-order valence-electron chi connectivity index (χ3n) is 3.08. The second kappa shape index (κ2) is 5.63. The molecule has 2 unspecified atom stereocenters. The molecule has 6 heteroatoms. The molecule has 0 spiro atoms. The van der Waals surface area contributed by atoms with Crippen molar-refractivity contribution in [2.75, 3.05) is 14.2 Å². The summed E-state index contributed by atoms with van der Waals surface area (Å²) >= 11 is 0. The summed E-state index contributed by atoms with van der Waals surface area (Å²) in [5, 5.41) is 9.33. The standard InChI is InChI=1S/C14H13N3O3/c1-19-12-7-11(10-5-3-4-6-16-10)17-13(20-2)14(12,8-15)9-18/h3-7,9,12H,1-2H3. The second-order valence-corrected chi connectivity index (χ2v) is 4.14. The predicted octanol–water partition coefficient (Wildman–Crippen LogP) is 1.20. The highest BCUT2D eigenvalue weighted by Crippen LogP contribution is 2.33. The van der Waals surface area contributed by atoms with Gasteiger partial charge in [-0.25, -0.2) is 4.99 Å². The lowest BCUT2D eigenvalue weighted by Crippen LogP contribution is -2.45. The van der Waals surface area contributed by atoms with Gasteiger partial charge >= 0.3 is 0 Å². The molecule has 1 aliphatic heterocycles. The maximum Gasteiger partial charge on any atom is 0.219 e. The first-order valence-corrected chi connectivity index (χ1v) is 5.88. The van der Waals surface area contributed by atoms with Crippen LogP contribution in [0.25, 0.3) is 5.70 Å². The number of methoxy groups -OCH3 is 2. The van der Waals surface area contributed by atoms with Crippen molar-refractivity contribution in [3.63, 3.8) is 0 Å². The van der Waals surface area contributed by atoms with E-state index in [2.05, 4.69) is 9.98 Å². The minimum atomic E-state index is -1.57. The molecule has 2 atom stereocenters. The van der Waals surface area contributed by atoms with E-state index in [-0.39, 0.29) is 5.90 Å². The molecular weight excluding hydrogens is 258 g/mol. The molecule has 1 aromatic heterocycles. The van der Waals surface area contributed by atoms with Gasteiger partial charge in [0.05, 0.1) is 24.6 Å². The van der Waals surface area contributed by atoms with Crippen LogP contribution in [-0.2, 0) is 14.3 Å². The zero-order chi connectivity index (χ0) is 14.6. The fourth-order valence-electron chi connectivity index (χ4n) is 2.02. The molecule has 0 N–H and O–H groups in total. The van der Waals surface area contributed by atoms with E-state index in [0.29, 0.717) is 17.7 Å². The minimum absolute atomic E-state index is 0.00463. The van der Waals surface area contributed by atoms with Crippen LogP contribution >= 0.6 is 0 Å². The summed E-state index contributed by atoms with van der Waals surface area (Å²) in [6.45, 7) is 0. The number of carbonyl (C=O) groups excluding carboxylic acids is 1. The molecule has 0 saturated heterocycles. The van der Waals surface area contributed by atoms with Crippen LogP contribution in [0.3, 0.4) is 0 Å². The van der Waals surface area contributed by atoms with Crippen LogP contribution in [0.5, 0.6) is 0 Å². The number of nitriles is 1. The van der Waals surface area contributed by atoms with Gasteiger partial charge in [0.25, 0.3) is 0 Å². The largest absolute Gasteiger partial charge is 0.483 e. The molecule has 0 aliphatic carbocycles. The minimum Gasteiger partial charge on any atom is -0.483 e. The molecular formula is C14H13N3O3. The Labute approximate surface area is 116 Å². The maximum absolute atomic E-state index is 11.4. The van der Waals surface area contributed by atoms with E-state index in [1.54, 1.807) is 24.4 Å². The van der Waals surface area contributed by atoms with Gasteiger partial charge in [-0.1, -0.05) is 6.07 Å². The maximum atomic E-state index is 11.4. The fraction of sp³-hybridized carbons (Fsp3) is 0.286. The molecule has 1 aromatic rings. The summed E-state index contributed by atoms with van der Waals surface area (Å²) in [5.41, 5.74) is -0.453. The molecule has 102 valence electrons. The number of aromatic nitrogens is 1. The Balaban J connectivity index is 2.55. The van der Waals surface area contributed by atoms with Crippen LogP contribution in [0.1, 0.15) is 5.69 Å². The van der Waals surface area contributed by atoms with Crippen molar-refractivity contribution in [1.29, 1.82) is 5.26 Å². The second-order valence-electron chi connectivity index (χ2n) is 4.14. The zero-order valence-electron chi connectivity index (χ0n) is 11.1. The van der Waals surface area contributed by atoms with Gasteiger partial charge in [-0.15, -0.1) is 0 Å². The first-order chi connectivity index (χ1) is 9.71. The van der Waals surface area contributed by atoms with Gasteiger partial charge in [-0.05, 0) is 18.2 Å². The van der Waals surface area contributed by atoms with E-state index in [0.717, 1.165) is 0 Å². The number of pyridine rings is 1. The van der Waals surface area contributed by atoms with Gasteiger partial charge in [0.15, 0.2) is 6.29 Å². The normalized spacial score (nSPS) is 25.1. The highest BCUT2D eigenvalue weighted by atomic mass is 16.5. The predicted molar refractivity (Wildman–Crippen MR) is 71.6 cm³/mol. The van der Waals surface area contributed by atoms with Crippen molar-refractivity contribution in [3.05, 3.63) is 36.2 Å². The Morgan fingerprint density at radius 2 is 2.25 bits per heavy atom. The number of hydrogen-bond donors (Lipinski definition) is 0. The summed E-state index contributed by atoms with van der Waals surface area (Å²) in [7, 11) is 2.79. The third-order valence-corrected chi connectivity index (χ3v) is 3.08. The Morgan fingerprint density at radius 1 is 1.45 bits per heavy atom. The topological polar surface area (TPSA) is 84.6 Å². The lowest BCUT2D eigenvalue weighted by molar-refractivity contribution is -0.115. The van der Waals surface area contributed by atoms with Crippen molar-refractivity contribution in [2.45, 2.75) is 6.10 Å². The molecule has 2 rings (SSSR count). The average molecular weight is 271 g/mol. The summed E-state index contributed by atoms with van der Waals surface area (Å²) in [6, 6.07) is 7.30. The van der Waals surface area contributed by atoms with E-state index < -0.39 is 11.5 Å². The Bertz CT molecular complexity index is 604. The number of aldehydes is 1. The van der Waals surface area contributed by atoms with Crippen LogP contribution < -0.4 is 0 Å². The van der Waals surface area contributed by atoms with Crippen LogP contribution in [0.2, 0.25) is 0 Å². The monoisotopic (exact) mass is 271 g/mol. The first kappa shape index (κ1) is 13.9. The summed E-state index contributed by atoms with van der Waals surface area (Å²) in [6.07, 6.45) is 2.94. The molecule has 0 saturated carbocycles. The number of rotatable bonds is 3. The van der Waals surface area contributed by atoms with Gasteiger partial charge in [-0.2, -0.15) is 5.26 Å². The van der Waals surface area contributed by atoms with E-state index in [1.165, 1.54) is 14.2 Å². The number of hydrogen-bond acceptors (Lipinski definition) is 6. The number of nitrogens with zero attached hydrogens (tertiary/aromatic N) is 3. The van der Waals surface area contributed by atoms with E-state index >= 15 is 0 Å². The van der Waals surface area contributed by atoms with Gasteiger partial charge in [0, 0.05) is 13.3 Å². The molecule has 0 amide bonds. The highest BCUT2D eigenvalue weighted by Gasteiger charge is 2.48.